The molecular formula is C13H17N3O3. The van der Waals surface area contributed by atoms with Gasteiger partial charge in [-0.15, -0.1) is 0 Å². The van der Waals surface area contributed by atoms with E-state index in [2.05, 4.69) is 10.3 Å². The van der Waals surface area contributed by atoms with Crippen molar-refractivity contribution in [2.45, 2.75) is 32.2 Å². The van der Waals surface area contributed by atoms with Crippen LogP contribution in [0.5, 0.6) is 0 Å². The minimum Gasteiger partial charge on any atom is -0.438 e. The highest BCUT2D eigenvalue weighted by molar-refractivity contribution is 5.92. The quantitative estimate of drug-likeness (QED) is 0.810. The number of aromatic nitrogens is 1. The minimum atomic E-state index is -0.0923. The summed E-state index contributed by atoms with van der Waals surface area (Å²) in [6.45, 7) is 3.11. The maximum absolute atomic E-state index is 12.3. The van der Waals surface area contributed by atoms with Gasteiger partial charge in [-0.25, -0.2) is 4.98 Å². The van der Waals surface area contributed by atoms with E-state index in [1.165, 1.54) is 6.39 Å². The van der Waals surface area contributed by atoms with Gasteiger partial charge in [0.25, 0.3) is 5.91 Å². The van der Waals surface area contributed by atoms with Crippen molar-refractivity contribution in [3.63, 3.8) is 0 Å². The number of nitrogens with one attached hydrogen (secondary N) is 1. The lowest BCUT2D eigenvalue weighted by atomic mass is 9.85. The van der Waals surface area contributed by atoms with Crippen molar-refractivity contribution in [2.75, 3.05) is 13.1 Å². The van der Waals surface area contributed by atoms with Crippen LogP contribution in [-0.2, 0) is 4.79 Å². The van der Waals surface area contributed by atoms with Crippen molar-refractivity contribution in [2.24, 2.45) is 5.92 Å². The van der Waals surface area contributed by atoms with Gasteiger partial charge in [-0.2, -0.15) is 0 Å². The highest BCUT2D eigenvalue weighted by Gasteiger charge is 2.36. The zero-order valence-corrected chi connectivity index (χ0v) is 10.9. The largest absolute Gasteiger partial charge is 0.438 e. The van der Waals surface area contributed by atoms with Gasteiger partial charge in [0.1, 0.15) is 0 Å². The van der Waals surface area contributed by atoms with E-state index < -0.39 is 0 Å². The molecular weight excluding hydrogens is 246 g/mol. The third-order valence-electron chi connectivity index (χ3n) is 4.05. The van der Waals surface area contributed by atoms with Crippen molar-refractivity contribution in [1.82, 2.24) is 15.2 Å². The summed E-state index contributed by atoms with van der Waals surface area (Å²) in [4.78, 5) is 29.4. The molecule has 0 bridgehead atoms. The molecule has 2 aliphatic heterocycles. The number of likely N-dealkylation sites (tertiary alicyclic amines) is 1. The number of carbonyl (C=O) groups excluding carboxylic acids is 2. The van der Waals surface area contributed by atoms with Crippen LogP contribution < -0.4 is 5.32 Å². The summed E-state index contributed by atoms with van der Waals surface area (Å²) in [5.41, 5.74) is 0.629. The maximum atomic E-state index is 12.3. The highest BCUT2D eigenvalue weighted by atomic mass is 16.3. The first-order valence-electron chi connectivity index (χ1n) is 6.64. The molecule has 0 spiro atoms. The SMILES string of the molecule is Cc1ncoc1C(=O)N1CCC2NC(=O)CCC2C1. The van der Waals surface area contributed by atoms with Gasteiger partial charge < -0.3 is 14.6 Å². The molecule has 0 aromatic carbocycles. The standard InChI is InChI=1S/C13H17N3O3/c1-8-12(19-7-14-8)13(18)16-5-4-10-9(6-16)2-3-11(17)15-10/h7,9-10H,2-6H2,1H3,(H,15,17). The second kappa shape index (κ2) is 4.68. The van der Waals surface area contributed by atoms with Crippen molar-refractivity contribution >= 4 is 11.8 Å². The Balaban J connectivity index is 1.70. The van der Waals surface area contributed by atoms with Gasteiger partial charge >= 0.3 is 0 Å². The van der Waals surface area contributed by atoms with Crippen LogP contribution in [0.15, 0.2) is 10.8 Å². The molecule has 2 saturated heterocycles. The van der Waals surface area contributed by atoms with E-state index in [4.69, 9.17) is 4.42 Å². The Morgan fingerprint density at radius 2 is 2.37 bits per heavy atom. The second-order valence-corrected chi connectivity index (χ2v) is 5.28. The fraction of sp³-hybridized carbons (Fsp3) is 0.615. The van der Waals surface area contributed by atoms with Crippen LogP contribution in [-0.4, -0.2) is 40.8 Å². The second-order valence-electron chi connectivity index (χ2n) is 5.28. The first-order chi connectivity index (χ1) is 9.15. The summed E-state index contributed by atoms with van der Waals surface area (Å²) in [6.07, 6.45) is 3.53. The Hall–Kier alpha value is -1.85. The van der Waals surface area contributed by atoms with Crippen molar-refractivity contribution in [1.29, 1.82) is 0 Å². The van der Waals surface area contributed by atoms with Crippen molar-refractivity contribution < 1.29 is 14.0 Å². The van der Waals surface area contributed by atoms with Crippen LogP contribution >= 0.6 is 0 Å². The van der Waals surface area contributed by atoms with E-state index in [1.807, 2.05) is 4.90 Å². The molecule has 3 heterocycles. The number of piperidine rings is 2. The summed E-state index contributed by atoms with van der Waals surface area (Å²) in [7, 11) is 0. The van der Waals surface area contributed by atoms with E-state index in [0.717, 1.165) is 12.8 Å². The fourth-order valence-electron chi connectivity index (χ4n) is 2.95. The molecule has 102 valence electrons. The molecule has 1 aromatic rings. The molecule has 1 aromatic heterocycles. The molecule has 0 aliphatic carbocycles. The summed E-state index contributed by atoms with van der Waals surface area (Å²) in [5.74, 6) is 0.731. The molecule has 0 radical (unpaired) electrons. The summed E-state index contributed by atoms with van der Waals surface area (Å²) in [6, 6.07) is 0.223. The molecule has 6 heteroatoms. The minimum absolute atomic E-state index is 0.0923. The number of rotatable bonds is 1. The Morgan fingerprint density at radius 3 is 3.11 bits per heavy atom. The monoisotopic (exact) mass is 263 g/mol. The van der Waals surface area contributed by atoms with Gasteiger partial charge in [0, 0.05) is 25.6 Å². The van der Waals surface area contributed by atoms with Crippen LogP contribution in [0.1, 0.15) is 35.5 Å². The molecule has 2 aliphatic rings. The smallest absolute Gasteiger partial charge is 0.291 e. The molecule has 0 saturated carbocycles. The number of amides is 2. The topological polar surface area (TPSA) is 75.4 Å². The molecule has 2 amide bonds. The van der Waals surface area contributed by atoms with E-state index in [1.54, 1.807) is 6.92 Å². The van der Waals surface area contributed by atoms with E-state index in [-0.39, 0.29) is 17.9 Å². The van der Waals surface area contributed by atoms with E-state index in [9.17, 15) is 9.59 Å². The van der Waals surface area contributed by atoms with Gasteiger partial charge in [-0.1, -0.05) is 0 Å². The number of carbonyl (C=O) groups is 2. The molecule has 19 heavy (non-hydrogen) atoms. The summed E-state index contributed by atoms with van der Waals surface area (Å²) < 4.78 is 5.16. The van der Waals surface area contributed by atoms with Gasteiger partial charge in [0.2, 0.25) is 11.7 Å². The molecule has 1 N–H and O–H groups in total. The van der Waals surface area contributed by atoms with Crippen LogP contribution in [0.25, 0.3) is 0 Å². The number of nitrogens with zero attached hydrogens (tertiary/aromatic N) is 2. The number of oxazole rings is 1. The third-order valence-corrected chi connectivity index (χ3v) is 4.05. The third kappa shape index (κ3) is 2.22. The van der Waals surface area contributed by atoms with Crippen LogP contribution in [0.2, 0.25) is 0 Å². The number of hydrogen-bond acceptors (Lipinski definition) is 4. The molecule has 2 fully saturated rings. The van der Waals surface area contributed by atoms with Crippen LogP contribution in [0.3, 0.4) is 0 Å². The van der Waals surface area contributed by atoms with Crippen molar-refractivity contribution in [3.8, 4) is 0 Å². The first kappa shape index (κ1) is 12.2. The lowest BCUT2D eigenvalue weighted by molar-refractivity contribution is -0.125. The average molecular weight is 263 g/mol. The number of hydrogen-bond donors (Lipinski definition) is 1. The van der Waals surface area contributed by atoms with Gasteiger partial charge in [-0.05, 0) is 25.7 Å². The Kier molecular flexibility index (Phi) is 3.00. The zero-order valence-electron chi connectivity index (χ0n) is 10.9. The van der Waals surface area contributed by atoms with Gasteiger partial charge in [0.15, 0.2) is 6.39 Å². The predicted octanol–water partition coefficient (Wildman–Crippen LogP) is 0.724. The fourth-order valence-corrected chi connectivity index (χ4v) is 2.95. The van der Waals surface area contributed by atoms with E-state index >= 15 is 0 Å². The van der Waals surface area contributed by atoms with Gasteiger partial charge in [-0.3, -0.25) is 9.59 Å². The van der Waals surface area contributed by atoms with Crippen LogP contribution in [0, 0.1) is 12.8 Å². The highest BCUT2D eigenvalue weighted by Crippen LogP contribution is 2.26. The van der Waals surface area contributed by atoms with E-state index in [0.29, 0.717) is 36.9 Å². The lowest BCUT2D eigenvalue weighted by Gasteiger charge is -2.41. The number of fused-ring (bicyclic) bond motifs is 1. The molecule has 2 unspecified atom stereocenters. The summed E-state index contributed by atoms with van der Waals surface area (Å²) >= 11 is 0. The Labute approximate surface area is 111 Å². The Bertz CT molecular complexity index is 511. The lowest BCUT2D eigenvalue weighted by Crippen LogP contribution is -2.55. The van der Waals surface area contributed by atoms with Crippen molar-refractivity contribution in [3.05, 3.63) is 17.8 Å². The molecule has 6 nitrogen and oxygen atoms in total. The summed E-state index contributed by atoms with van der Waals surface area (Å²) in [5, 5.41) is 3.01. The zero-order chi connectivity index (χ0) is 13.4. The first-order valence-corrected chi connectivity index (χ1v) is 6.64. The normalized spacial score (nSPS) is 26.8. The van der Waals surface area contributed by atoms with Crippen LogP contribution in [0.4, 0.5) is 0 Å². The van der Waals surface area contributed by atoms with Gasteiger partial charge in [0.05, 0.1) is 5.69 Å². The molecule has 3 rings (SSSR count). The molecule has 2 atom stereocenters. The average Bonchev–Trinajstić information content (AvgIpc) is 2.83. The predicted molar refractivity (Wildman–Crippen MR) is 66.4 cm³/mol. The maximum Gasteiger partial charge on any atom is 0.291 e. The number of aryl methyl sites for hydroxylation is 1. The Morgan fingerprint density at radius 1 is 1.53 bits per heavy atom.